The van der Waals surface area contributed by atoms with Crippen LogP contribution in [0.1, 0.15) is 36.5 Å². The molecule has 1 aromatic carbocycles. The number of alkyl halides is 2. The topological polar surface area (TPSA) is 9.23 Å². The van der Waals surface area contributed by atoms with Gasteiger partial charge in [-0.1, -0.05) is 31.5 Å². The van der Waals surface area contributed by atoms with Crippen LogP contribution in [-0.4, -0.2) is 12.5 Å². The van der Waals surface area contributed by atoms with Crippen molar-refractivity contribution in [2.24, 2.45) is 0 Å². The van der Waals surface area contributed by atoms with E-state index in [2.05, 4.69) is 0 Å². The van der Waals surface area contributed by atoms with Gasteiger partial charge < -0.3 is 4.74 Å². The Hall–Kier alpha value is -0.830. The number of ether oxygens (including phenoxy) is 1. The Bertz CT molecular complexity index is 455. The monoisotopic (exact) mass is 260 g/mol. The molecule has 0 saturated carbocycles. The molecule has 0 amide bonds. The highest BCUT2D eigenvalue weighted by atomic mass is 35.5. The number of benzene rings is 1. The first kappa shape index (κ1) is 12.6. The maximum absolute atomic E-state index is 13.3. The highest BCUT2D eigenvalue weighted by Gasteiger charge is 2.38. The Morgan fingerprint density at radius 3 is 2.65 bits per heavy atom. The zero-order valence-corrected chi connectivity index (χ0v) is 10.9. The molecule has 94 valence electrons. The molecule has 0 aliphatic carbocycles. The Labute approximate surface area is 105 Å². The average Bonchev–Trinajstić information content (AvgIpc) is 2.21. The van der Waals surface area contributed by atoms with Crippen LogP contribution in [0.4, 0.5) is 8.78 Å². The van der Waals surface area contributed by atoms with E-state index < -0.39 is 12.5 Å². The second kappa shape index (κ2) is 4.13. The van der Waals surface area contributed by atoms with E-state index in [1.807, 2.05) is 26.8 Å². The zero-order chi connectivity index (χ0) is 12.8. The second-order valence-electron chi connectivity index (χ2n) is 4.88. The molecule has 1 aliphatic heterocycles. The first-order valence-electron chi connectivity index (χ1n) is 5.64. The van der Waals surface area contributed by atoms with Crippen molar-refractivity contribution in [2.45, 2.75) is 39.0 Å². The first-order chi connectivity index (χ1) is 7.82. The van der Waals surface area contributed by atoms with E-state index in [0.29, 0.717) is 16.3 Å². The maximum Gasteiger partial charge on any atom is 0.285 e. The molecule has 0 saturated heterocycles. The lowest BCUT2D eigenvalue weighted by molar-refractivity contribution is -0.0516. The molecule has 1 nitrogen and oxygen atoms in total. The fourth-order valence-electron chi connectivity index (χ4n) is 2.14. The van der Waals surface area contributed by atoms with Gasteiger partial charge in [-0.05, 0) is 24.0 Å². The number of fused-ring (bicyclic) bond motifs is 1. The summed E-state index contributed by atoms with van der Waals surface area (Å²) in [5.74, 6) is -2.08. The van der Waals surface area contributed by atoms with Crippen LogP contribution in [-0.2, 0) is 6.42 Å². The van der Waals surface area contributed by atoms with Crippen LogP contribution >= 0.6 is 11.6 Å². The predicted molar refractivity (Wildman–Crippen MR) is 64.4 cm³/mol. The van der Waals surface area contributed by atoms with Gasteiger partial charge >= 0.3 is 0 Å². The Kier molecular flexibility index (Phi) is 3.06. The van der Waals surface area contributed by atoms with Crippen LogP contribution in [0.15, 0.2) is 6.07 Å². The summed E-state index contributed by atoms with van der Waals surface area (Å²) in [6.07, 6.45) is -0.331. The standard InChI is InChI=1S/C13H15ClF2O/c1-7(2)9-4-8(3)12-10(11(9)14)5-13(15,16)6-17-12/h4,7H,5-6H2,1-3H3. The number of halogens is 3. The summed E-state index contributed by atoms with van der Waals surface area (Å²) in [6, 6.07) is 1.93. The summed E-state index contributed by atoms with van der Waals surface area (Å²) < 4.78 is 31.8. The van der Waals surface area contributed by atoms with E-state index in [4.69, 9.17) is 16.3 Å². The minimum Gasteiger partial charge on any atom is -0.487 e. The van der Waals surface area contributed by atoms with Gasteiger partial charge in [-0.15, -0.1) is 0 Å². The smallest absolute Gasteiger partial charge is 0.285 e. The minimum absolute atomic E-state index is 0.210. The van der Waals surface area contributed by atoms with E-state index in [0.717, 1.165) is 11.1 Å². The third-order valence-corrected chi connectivity index (χ3v) is 3.45. The molecule has 4 heteroatoms. The van der Waals surface area contributed by atoms with Gasteiger partial charge in [0.2, 0.25) is 0 Å². The fourth-order valence-corrected chi connectivity index (χ4v) is 2.57. The van der Waals surface area contributed by atoms with Crippen molar-refractivity contribution in [3.05, 3.63) is 27.8 Å². The van der Waals surface area contributed by atoms with Gasteiger partial charge in [-0.25, -0.2) is 8.78 Å². The van der Waals surface area contributed by atoms with Gasteiger partial charge in [0, 0.05) is 12.0 Å². The minimum atomic E-state index is -2.82. The summed E-state index contributed by atoms with van der Waals surface area (Å²) in [5, 5.41) is 0.431. The molecule has 0 N–H and O–H groups in total. The number of rotatable bonds is 1. The van der Waals surface area contributed by atoms with Gasteiger partial charge in [0.1, 0.15) is 5.75 Å². The van der Waals surface area contributed by atoms with Gasteiger partial charge in [0.15, 0.2) is 6.61 Å². The van der Waals surface area contributed by atoms with Crippen LogP contribution in [0.25, 0.3) is 0 Å². The lowest BCUT2D eigenvalue weighted by atomic mass is 9.93. The molecule has 0 bridgehead atoms. The van der Waals surface area contributed by atoms with Crippen molar-refractivity contribution < 1.29 is 13.5 Å². The van der Waals surface area contributed by atoms with Crippen molar-refractivity contribution in [2.75, 3.05) is 6.61 Å². The van der Waals surface area contributed by atoms with E-state index in [-0.39, 0.29) is 12.3 Å². The van der Waals surface area contributed by atoms with Crippen LogP contribution in [0.3, 0.4) is 0 Å². The summed E-state index contributed by atoms with van der Waals surface area (Å²) in [6.45, 7) is 5.30. The molecule has 1 aliphatic rings. The lowest BCUT2D eigenvalue weighted by Gasteiger charge is -2.28. The molecule has 1 heterocycles. The van der Waals surface area contributed by atoms with Crippen molar-refractivity contribution in [3.63, 3.8) is 0 Å². The number of aryl methyl sites for hydroxylation is 1. The maximum atomic E-state index is 13.3. The van der Waals surface area contributed by atoms with E-state index >= 15 is 0 Å². The third kappa shape index (κ3) is 2.25. The molecule has 2 rings (SSSR count). The van der Waals surface area contributed by atoms with Crippen LogP contribution in [0, 0.1) is 6.92 Å². The Morgan fingerprint density at radius 2 is 2.06 bits per heavy atom. The normalized spacial score (nSPS) is 17.8. The number of hydrogen-bond donors (Lipinski definition) is 0. The molecule has 0 fully saturated rings. The van der Waals surface area contributed by atoms with Crippen LogP contribution < -0.4 is 4.74 Å². The lowest BCUT2D eigenvalue weighted by Crippen LogP contribution is -2.33. The molecule has 0 aromatic heterocycles. The van der Waals surface area contributed by atoms with Crippen molar-refractivity contribution in [1.29, 1.82) is 0 Å². The molecular weight excluding hydrogens is 246 g/mol. The van der Waals surface area contributed by atoms with E-state index in [1.165, 1.54) is 0 Å². The molecular formula is C13H15ClF2O. The molecule has 0 spiro atoms. The van der Waals surface area contributed by atoms with Gasteiger partial charge in [-0.2, -0.15) is 0 Å². The zero-order valence-electron chi connectivity index (χ0n) is 10.1. The Balaban J connectivity index is 2.58. The van der Waals surface area contributed by atoms with E-state index in [9.17, 15) is 8.78 Å². The summed E-state index contributed by atoms with van der Waals surface area (Å²) >= 11 is 6.21. The molecule has 17 heavy (non-hydrogen) atoms. The third-order valence-electron chi connectivity index (χ3n) is 3.01. The van der Waals surface area contributed by atoms with Crippen LogP contribution in [0.2, 0.25) is 5.02 Å². The first-order valence-corrected chi connectivity index (χ1v) is 6.02. The van der Waals surface area contributed by atoms with Crippen molar-refractivity contribution in [1.82, 2.24) is 0 Å². The molecule has 0 radical (unpaired) electrons. The fraction of sp³-hybridized carbons (Fsp3) is 0.538. The highest BCUT2D eigenvalue weighted by Crippen LogP contribution is 2.42. The van der Waals surface area contributed by atoms with Crippen molar-refractivity contribution >= 4 is 11.6 Å². The average molecular weight is 261 g/mol. The van der Waals surface area contributed by atoms with Gasteiger partial charge in [0.05, 0.1) is 5.02 Å². The summed E-state index contributed by atoms with van der Waals surface area (Å²) in [7, 11) is 0. The summed E-state index contributed by atoms with van der Waals surface area (Å²) in [5.41, 5.74) is 2.24. The highest BCUT2D eigenvalue weighted by molar-refractivity contribution is 6.32. The Morgan fingerprint density at radius 1 is 1.41 bits per heavy atom. The van der Waals surface area contributed by atoms with Crippen LogP contribution in [0.5, 0.6) is 5.75 Å². The SMILES string of the molecule is Cc1cc(C(C)C)c(Cl)c2c1OCC(F)(F)C2. The summed E-state index contributed by atoms with van der Waals surface area (Å²) in [4.78, 5) is 0. The predicted octanol–water partition coefficient (Wildman–Crippen LogP) is 4.34. The molecule has 0 unspecified atom stereocenters. The molecule has 0 atom stereocenters. The van der Waals surface area contributed by atoms with E-state index in [1.54, 1.807) is 0 Å². The van der Waals surface area contributed by atoms with Gasteiger partial charge in [0.25, 0.3) is 5.92 Å². The molecule has 1 aromatic rings. The largest absolute Gasteiger partial charge is 0.487 e. The number of hydrogen-bond acceptors (Lipinski definition) is 1. The second-order valence-corrected chi connectivity index (χ2v) is 5.26. The quantitative estimate of drug-likeness (QED) is 0.730. The van der Waals surface area contributed by atoms with Crippen molar-refractivity contribution in [3.8, 4) is 5.75 Å². The van der Waals surface area contributed by atoms with Gasteiger partial charge in [-0.3, -0.25) is 0 Å².